The largest absolute Gasteiger partial charge is 0.262 e. The van der Waals surface area contributed by atoms with Gasteiger partial charge in [0.05, 0.1) is 0 Å². The topological polar surface area (TPSA) is 51.6 Å². The van der Waals surface area contributed by atoms with Crippen LogP contribution < -0.4 is 0 Å². The molecule has 4 heteroatoms. The Labute approximate surface area is 95.8 Å². The average molecular weight is 216 g/mol. The molecule has 0 saturated heterocycles. The van der Waals surface area contributed by atoms with E-state index in [1.54, 1.807) is 31.1 Å². The maximum atomic E-state index is 3.94. The first-order chi connectivity index (χ1) is 7.61. The highest BCUT2D eigenvalue weighted by atomic mass is 14.8. The van der Waals surface area contributed by atoms with Gasteiger partial charge in [-0.1, -0.05) is 20.8 Å². The molecule has 4 nitrogen and oxygen atoms in total. The molecule has 0 spiro atoms. The van der Waals surface area contributed by atoms with Crippen LogP contribution in [-0.2, 0) is 5.41 Å². The van der Waals surface area contributed by atoms with Gasteiger partial charge in [-0.05, 0) is 11.0 Å². The lowest BCUT2D eigenvalue weighted by molar-refractivity contribution is 0.584. The Kier molecular flexibility index (Phi) is 4.51. The van der Waals surface area contributed by atoms with E-state index in [4.69, 9.17) is 0 Å². The second-order valence-electron chi connectivity index (χ2n) is 4.27. The van der Waals surface area contributed by atoms with Gasteiger partial charge in [-0.2, -0.15) is 0 Å². The molecule has 0 aliphatic carbocycles. The zero-order valence-electron chi connectivity index (χ0n) is 9.83. The number of hydrogen-bond donors (Lipinski definition) is 0. The van der Waals surface area contributed by atoms with E-state index in [2.05, 4.69) is 40.7 Å². The van der Waals surface area contributed by atoms with Gasteiger partial charge in [0.25, 0.3) is 0 Å². The fourth-order valence-electron chi connectivity index (χ4n) is 0.940. The lowest BCUT2D eigenvalue weighted by atomic mass is 9.89. The van der Waals surface area contributed by atoms with Crippen LogP contribution in [0.5, 0.6) is 0 Å². The van der Waals surface area contributed by atoms with E-state index in [1.807, 2.05) is 12.4 Å². The summed E-state index contributed by atoms with van der Waals surface area (Å²) in [6, 6.07) is 0. The summed E-state index contributed by atoms with van der Waals surface area (Å²) in [5.41, 5.74) is 1.34. The summed E-state index contributed by atoms with van der Waals surface area (Å²) < 4.78 is 0. The lowest BCUT2D eigenvalue weighted by Gasteiger charge is -2.16. The number of hydrogen-bond acceptors (Lipinski definition) is 4. The molecule has 2 rings (SSSR count). The summed E-state index contributed by atoms with van der Waals surface area (Å²) in [6.07, 6.45) is 11.8. The van der Waals surface area contributed by atoms with E-state index in [-0.39, 0.29) is 5.41 Å². The third-order valence-corrected chi connectivity index (χ3v) is 1.90. The van der Waals surface area contributed by atoms with E-state index in [9.17, 15) is 0 Å². The van der Waals surface area contributed by atoms with Gasteiger partial charge < -0.3 is 0 Å². The van der Waals surface area contributed by atoms with Crippen LogP contribution in [0.15, 0.2) is 43.5 Å². The van der Waals surface area contributed by atoms with Crippen molar-refractivity contribution in [2.75, 3.05) is 0 Å². The first kappa shape index (κ1) is 12.2. The monoisotopic (exact) mass is 216 g/mol. The number of nitrogens with zero attached hydrogens (tertiary/aromatic N) is 4. The predicted octanol–water partition coefficient (Wildman–Crippen LogP) is 2.25. The summed E-state index contributed by atoms with van der Waals surface area (Å²) in [4.78, 5) is 15.3. The van der Waals surface area contributed by atoms with Crippen LogP contribution in [0.3, 0.4) is 0 Å². The van der Waals surface area contributed by atoms with Crippen molar-refractivity contribution >= 4 is 0 Å². The molecule has 84 valence electrons. The van der Waals surface area contributed by atoms with Crippen LogP contribution in [0, 0.1) is 0 Å². The van der Waals surface area contributed by atoms with Crippen LogP contribution >= 0.6 is 0 Å². The fraction of sp³-hybridized carbons (Fsp3) is 0.333. The van der Waals surface area contributed by atoms with Gasteiger partial charge in [-0.15, -0.1) is 0 Å². The summed E-state index contributed by atoms with van der Waals surface area (Å²) in [6.45, 7) is 6.43. The molecule has 0 atom stereocenters. The van der Waals surface area contributed by atoms with Gasteiger partial charge in [-0.25, -0.2) is 9.97 Å². The lowest BCUT2D eigenvalue weighted by Crippen LogP contribution is -2.11. The number of rotatable bonds is 0. The molecule has 0 amide bonds. The summed E-state index contributed by atoms with van der Waals surface area (Å²) in [5, 5.41) is 0. The Hall–Kier alpha value is -1.84. The zero-order valence-corrected chi connectivity index (χ0v) is 9.83. The Morgan fingerprint density at radius 1 is 0.750 bits per heavy atom. The van der Waals surface area contributed by atoms with Crippen molar-refractivity contribution in [1.29, 1.82) is 0 Å². The zero-order chi connectivity index (χ0) is 11.9. The molecule has 0 N–H and O–H groups in total. The average Bonchev–Trinajstić information content (AvgIpc) is 2.32. The van der Waals surface area contributed by atoms with Gasteiger partial charge in [0.15, 0.2) is 0 Å². The second-order valence-corrected chi connectivity index (χ2v) is 4.27. The minimum absolute atomic E-state index is 0.168. The molecule has 2 heterocycles. The first-order valence-electron chi connectivity index (χ1n) is 5.06. The quantitative estimate of drug-likeness (QED) is 0.677. The molecule has 0 radical (unpaired) electrons. The Morgan fingerprint density at radius 2 is 1.19 bits per heavy atom. The van der Waals surface area contributed by atoms with E-state index in [0.717, 1.165) is 0 Å². The Bertz CT molecular complexity index is 354. The van der Waals surface area contributed by atoms with E-state index < -0.39 is 0 Å². The Morgan fingerprint density at radius 3 is 1.44 bits per heavy atom. The van der Waals surface area contributed by atoms with Gasteiger partial charge in [0.2, 0.25) is 0 Å². The number of aromatic nitrogens is 4. The predicted molar refractivity (Wildman–Crippen MR) is 62.8 cm³/mol. The van der Waals surface area contributed by atoms with Crippen molar-refractivity contribution in [3.05, 3.63) is 49.1 Å². The molecule has 0 saturated carbocycles. The maximum Gasteiger partial charge on any atom is 0.115 e. The highest BCUT2D eigenvalue weighted by Crippen LogP contribution is 2.19. The van der Waals surface area contributed by atoms with Gasteiger partial charge in [0.1, 0.15) is 6.33 Å². The molecule has 0 fully saturated rings. The standard InChI is InChI=1S/C8H12N2.C4H4N2/c1-8(2,3)7-4-9-6-10-5-7;1-2-6-4-3-5-1/h4-6H,1-3H3;1-4H. The fourth-order valence-corrected chi connectivity index (χ4v) is 0.940. The van der Waals surface area contributed by atoms with E-state index in [0.29, 0.717) is 0 Å². The Balaban J connectivity index is 0.000000181. The third kappa shape index (κ3) is 4.59. The van der Waals surface area contributed by atoms with E-state index in [1.165, 1.54) is 5.56 Å². The minimum atomic E-state index is 0.168. The van der Waals surface area contributed by atoms with Crippen LogP contribution in [0.2, 0.25) is 0 Å². The van der Waals surface area contributed by atoms with Crippen molar-refractivity contribution in [3.63, 3.8) is 0 Å². The summed E-state index contributed by atoms with van der Waals surface area (Å²) in [7, 11) is 0. The SMILES string of the molecule is CC(C)(C)c1cncnc1.c1cnccn1. The molecule has 2 aromatic rings. The molecule has 0 bridgehead atoms. The molecule has 0 aromatic carbocycles. The molecule has 0 aliphatic rings. The third-order valence-electron chi connectivity index (χ3n) is 1.90. The molecule has 16 heavy (non-hydrogen) atoms. The second kappa shape index (κ2) is 5.90. The van der Waals surface area contributed by atoms with Crippen LogP contribution in [0.1, 0.15) is 26.3 Å². The van der Waals surface area contributed by atoms with Gasteiger partial charge in [-0.3, -0.25) is 9.97 Å². The van der Waals surface area contributed by atoms with Crippen molar-refractivity contribution in [2.24, 2.45) is 0 Å². The van der Waals surface area contributed by atoms with Crippen LogP contribution in [-0.4, -0.2) is 19.9 Å². The normalized spacial score (nSPS) is 10.2. The summed E-state index contributed by atoms with van der Waals surface area (Å²) in [5.74, 6) is 0. The van der Waals surface area contributed by atoms with Crippen molar-refractivity contribution in [2.45, 2.75) is 26.2 Å². The minimum Gasteiger partial charge on any atom is -0.262 e. The van der Waals surface area contributed by atoms with E-state index >= 15 is 0 Å². The molecular formula is C12H16N4. The smallest absolute Gasteiger partial charge is 0.115 e. The first-order valence-corrected chi connectivity index (χ1v) is 5.06. The molecule has 2 aromatic heterocycles. The van der Waals surface area contributed by atoms with Gasteiger partial charge in [0, 0.05) is 37.2 Å². The van der Waals surface area contributed by atoms with Crippen LogP contribution in [0.4, 0.5) is 0 Å². The highest BCUT2D eigenvalue weighted by Gasteiger charge is 2.12. The van der Waals surface area contributed by atoms with Crippen LogP contribution in [0.25, 0.3) is 0 Å². The maximum absolute atomic E-state index is 3.94. The molecular weight excluding hydrogens is 200 g/mol. The molecule has 0 aliphatic heterocycles. The van der Waals surface area contributed by atoms with Crippen molar-refractivity contribution in [3.8, 4) is 0 Å². The van der Waals surface area contributed by atoms with Gasteiger partial charge >= 0.3 is 0 Å². The summed E-state index contributed by atoms with van der Waals surface area (Å²) >= 11 is 0. The van der Waals surface area contributed by atoms with Crippen molar-refractivity contribution < 1.29 is 0 Å². The highest BCUT2D eigenvalue weighted by molar-refractivity contribution is 5.13. The molecule has 0 unspecified atom stereocenters. The van der Waals surface area contributed by atoms with Crippen molar-refractivity contribution in [1.82, 2.24) is 19.9 Å².